The van der Waals surface area contributed by atoms with E-state index in [2.05, 4.69) is 39.7 Å². The number of amides is 1. The predicted molar refractivity (Wildman–Crippen MR) is 81.8 cm³/mol. The molecule has 0 spiro atoms. The number of hydrogen-bond acceptors (Lipinski definition) is 2. The van der Waals surface area contributed by atoms with Gasteiger partial charge in [-0.15, -0.1) is 0 Å². The average Bonchev–Trinajstić information content (AvgIpc) is 3.19. The Morgan fingerprint density at radius 1 is 1.39 bits per heavy atom. The molecular formula is C14H19IN2O. The minimum absolute atomic E-state index is 0.0262. The van der Waals surface area contributed by atoms with E-state index in [0.29, 0.717) is 0 Å². The van der Waals surface area contributed by atoms with E-state index in [1.807, 2.05) is 24.3 Å². The number of likely N-dealkylation sites (N-methyl/N-ethyl adjacent to an activating group) is 1. The number of benzene rings is 1. The number of carbonyl (C=O) groups is 1. The molecule has 1 N–H and O–H groups in total. The summed E-state index contributed by atoms with van der Waals surface area (Å²) >= 11 is 2.24. The van der Waals surface area contributed by atoms with Crippen molar-refractivity contribution in [3.8, 4) is 0 Å². The first-order valence-corrected chi connectivity index (χ1v) is 7.56. The molecule has 2 rings (SSSR count). The Bertz CT molecular complexity index is 401. The molecule has 0 atom stereocenters. The average molecular weight is 358 g/mol. The van der Waals surface area contributed by atoms with Crippen molar-refractivity contribution in [3.05, 3.63) is 33.4 Å². The smallest absolute Gasteiger partial charge is 0.251 e. The van der Waals surface area contributed by atoms with Gasteiger partial charge in [-0.2, -0.15) is 0 Å². The lowest BCUT2D eigenvalue weighted by molar-refractivity contribution is 0.0948. The van der Waals surface area contributed by atoms with Crippen LogP contribution in [0.5, 0.6) is 0 Å². The Hall–Kier alpha value is -0.620. The number of hydrogen-bond donors (Lipinski definition) is 1. The van der Waals surface area contributed by atoms with E-state index in [9.17, 15) is 4.79 Å². The third kappa shape index (κ3) is 3.95. The lowest BCUT2D eigenvalue weighted by atomic mass is 10.2. The molecule has 1 aliphatic rings. The molecule has 0 radical (unpaired) electrons. The zero-order valence-corrected chi connectivity index (χ0v) is 12.8. The van der Waals surface area contributed by atoms with Crippen LogP contribution in [0.1, 0.15) is 30.1 Å². The van der Waals surface area contributed by atoms with Gasteiger partial charge in [0.25, 0.3) is 5.91 Å². The largest absolute Gasteiger partial charge is 0.351 e. The minimum Gasteiger partial charge on any atom is -0.351 e. The van der Waals surface area contributed by atoms with Crippen molar-refractivity contribution in [2.45, 2.75) is 25.8 Å². The highest BCUT2D eigenvalue weighted by Crippen LogP contribution is 2.25. The molecule has 1 saturated carbocycles. The van der Waals surface area contributed by atoms with Crippen LogP contribution in [0.15, 0.2) is 24.3 Å². The van der Waals surface area contributed by atoms with E-state index in [0.717, 1.165) is 34.8 Å². The van der Waals surface area contributed by atoms with Crippen molar-refractivity contribution in [2.75, 3.05) is 19.6 Å². The minimum atomic E-state index is 0.0262. The summed E-state index contributed by atoms with van der Waals surface area (Å²) in [6, 6.07) is 8.42. The highest BCUT2D eigenvalue weighted by molar-refractivity contribution is 14.1. The van der Waals surface area contributed by atoms with Crippen LogP contribution in [0.25, 0.3) is 0 Å². The third-order valence-electron chi connectivity index (χ3n) is 3.26. The van der Waals surface area contributed by atoms with Crippen molar-refractivity contribution in [2.24, 2.45) is 0 Å². The van der Waals surface area contributed by atoms with E-state index in [1.54, 1.807) is 0 Å². The monoisotopic (exact) mass is 358 g/mol. The van der Waals surface area contributed by atoms with Crippen molar-refractivity contribution in [1.82, 2.24) is 10.2 Å². The second kappa shape index (κ2) is 6.52. The number of rotatable bonds is 6. The summed E-state index contributed by atoms with van der Waals surface area (Å²) < 4.78 is 1.15. The Balaban J connectivity index is 1.75. The Labute approximate surface area is 122 Å². The van der Waals surface area contributed by atoms with Crippen LogP contribution in [0.4, 0.5) is 0 Å². The van der Waals surface area contributed by atoms with Crippen molar-refractivity contribution in [1.29, 1.82) is 0 Å². The molecular weight excluding hydrogens is 339 g/mol. The second-order valence-electron chi connectivity index (χ2n) is 4.62. The van der Waals surface area contributed by atoms with E-state index in [4.69, 9.17) is 0 Å². The lowest BCUT2D eigenvalue weighted by Crippen LogP contribution is -2.36. The molecule has 3 nitrogen and oxygen atoms in total. The van der Waals surface area contributed by atoms with E-state index in [-0.39, 0.29) is 5.91 Å². The van der Waals surface area contributed by atoms with E-state index < -0.39 is 0 Å². The number of nitrogens with zero attached hydrogens (tertiary/aromatic N) is 1. The summed E-state index contributed by atoms with van der Waals surface area (Å²) in [5.41, 5.74) is 0.741. The van der Waals surface area contributed by atoms with Gasteiger partial charge in [-0.1, -0.05) is 6.92 Å². The Morgan fingerprint density at radius 3 is 2.61 bits per heavy atom. The third-order valence-corrected chi connectivity index (χ3v) is 3.98. The molecule has 18 heavy (non-hydrogen) atoms. The molecule has 0 aromatic heterocycles. The van der Waals surface area contributed by atoms with Crippen molar-refractivity contribution in [3.63, 3.8) is 0 Å². The fourth-order valence-electron chi connectivity index (χ4n) is 2.05. The molecule has 98 valence electrons. The number of halogens is 1. The van der Waals surface area contributed by atoms with E-state index in [1.165, 1.54) is 12.8 Å². The molecule has 4 heteroatoms. The Morgan fingerprint density at radius 2 is 2.06 bits per heavy atom. The zero-order valence-electron chi connectivity index (χ0n) is 10.7. The summed E-state index contributed by atoms with van der Waals surface area (Å²) in [4.78, 5) is 14.3. The highest BCUT2D eigenvalue weighted by atomic mass is 127. The van der Waals surface area contributed by atoms with Crippen molar-refractivity contribution < 1.29 is 4.79 Å². The first kappa shape index (κ1) is 13.8. The summed E-state index contributed by atoms with van der Waals surface area (Å²) in [7, 11) is 0. The van der Waals surface area contributed by atoms with Gasteiger partial charge in [0.1, 0.15) is 0 Å². The van der Waals surface area contributed by atoms with Gasteiger partial charge in [0, 0.05) is 28.3 Å². The molecule has 1 aromatic rings. The maximum atomic E-state index is 11.9. The van der Waals surface area contributed by atoms with Crippen LogP contribution in [0.3, 0.4) is 0 Å². The standard InChI is InChI=1S/C14H19IN2O/c1-2-17(13-7-8-13)10-9-16-14(18)11-3-5-12(15)6-4-11/h3-6,13H,2,7-10H2,1H3,(H,16,18). The SMILES string of the molecule is CCN(CCNC(=O)c1ccc(I)cc1)C1CC1. The molecule has 0 bridgehead atoms. The molecule has 1 amide bonds. The lowest BCUT2D eigenvalue weighted by Gasteiger charge is -2.19. The van der Waals surface area contributed by atoms with E-state index >= 15 is 0 Å². The second-order valence-corrected chi connectivity index (χ2v) is 5.87. The van der Waals surface area contributed by atoms with Crippen LogP contribution < -0.4 is 5.32 Å². The van der Waals surface area contributed by atoms with Crippen LogP contribution in [0, 0.1) is 3.57 Å². The van der Waals surface area contributed by atoms with Crippen LogP contribution in [0.2, 0.25) is 0 Å². The van der Waals surface area contributed by atoms with Gasteiger partial charge in [-0.25, -0.2) is 0 Å². The number of nitrogens with one attached hydrogen (secondary N) is 1. The van der Waals surface area contributed by atoms with Crippen LogP contribution in [-0.2, 0) is 0 Å². The van der Waals surface area contributed by atoms with Gasteiger partial charge in [-0.05, 0) is 66.2 Å². The van der Waals surface area contributed by atoms with Gasteiger partial charge in [-0.3, -0.25) is 9.69 Å². The summed E-state index contributed by atoms with van der Waals surface area (Å²) in [5, 5.41) is 2.98. The van der Waals surface area contributed by atoms with Gasteiger partial charge < -0.3 is 5.32 Å². The van der Waals surface area contributed by atoms with Crippen molar-refractivity contribution >= 4 is 28.5 Å². The topological polar surface area (TPSA) is 32.3 Å². The summed E-state index contributed by atoms with van der Waals surface area (Å²) in [6.45, 7) is 4.94. The summed E-state index contributed by atoms with van der Waals surface area (Å²) in [6.07, 6.45) is 2.64. The van der Waals surface area contributed by atoms with Crippen LogP contribution >= 0.6 is 22.6 Å². The van der Waals surface area contributed by atoms with Gasteiger partial charge in [0.15, 0.2) is 0 Å². The summed E-state index contributed by atoms with van der Waals surface area (Å²) in [5.74, 6) is 0.0262. The maximum absolute atomic E-state index is 11.9. The predicted octanol–water partition coefficient (Wildman–Crippen LogP) is 2.51. The quantitative estimate of drug-likeness (QED) is 0.793. The zero-order chi connectivity index (χ0) is 13.0. The first-order chi connectivity index (χ1) is 8.70. The maximum Gasteiger partial charge on any atom is 0.251 e. The number of carbonyl (C=O) groups excluding carboxylic acids is 1. The van der Waals surface area contributed by atoms with Gasteiger partial charge in [0.2, 0.25) is 0 Å². The van der Waals surface area contributed by atoms with Crippen LogP contribution in [-0.4, -0.2) is 36.5 Å². The normalized spacial score (nSPS) is 14.8. The highest BCUT2D eigenvalue weighted by Gasteiger charge is 2.27. The molecule has 0 heterocycles. The molecule has 0 aliphatic heterocycles. The fourth-order valence-corrected chi connectivity index (χ4v) is 2.41. The molecule has 1 fully saturated rings. The first-order valence-electron chi connectivity index (χ1n) is 6.48. The molecule has 1 aromatic carbocycles. The molecule has 1 aliphatic carbocycles. The van der Waals surface area contributed by atoms with Gasteiger partial charge in [0.05, 0.1) is 0 Å². The molecule has 0 saturated heterocycles. The van der Waals surface area contributed by atoms with Gasteiger partial charge >= 0.3 is 0 Å². The molecule has 0 unspecified atom stereocenters. The fraction of sp³-hybridized carbons (Fsp3) is 0.500. The Kier molecular flexibility index (Phi) is 5.00.